The van der Waals surface area contributed by atoms with Gasteiger partial charge in [0.05, 0.1) is 11.7 Å². The van der Waals surface area contributed by atoms with Gasteiger partial charge in [-0.1, -0.05) is 13.0 Å². The van der Waals surface area contributed by atoms with Crippen LogP contribution in [0.1, 0.15) is 30.0 Å². The molecule has 2 heterocycles. The summed E-state index contributed by atoms with van der Waals surface area (Å²) in [6, 6.07) is 6.12. The Kier molecular flexibility index (Phi) is 4.17. The monoisotopic (exact) mass is 303 g/mol. The van der Waals surface area contributed by atoms with Gasteiger partial charge in [0, 0.05) is 18.1 Å². The first-order valence-electron chi connectivity index (χ1n) is 6.94. The third-order valence-corrected chi connectivity index (χ3v) is 4.28. The van der Waals surface area contributed by atoms with Crippen LogP contribution in [0.25, 0.3) is 0 Å². The molecular weight excluding hydrogens is 286 g/mol. The normalized spacial score (nSPS) is 15.0. The van der Waals surface area contributed by atoms with E-state index in [0.717, 1.165) is 35.0 Å². The Bertz CT molecular complexity index is 628. The summed E-state index contributed by atoms with van der Waals surface area (Å²) in [5.74, 6) is 0.618. The number of benzene rings is 1. The molecule has 0 aliphatic carbocycles. The summed E-state index contributed by atoms with van der Waals surface area (Å²) in [6.45, 7) is 2.95. The van der Waals surface area contributed by atoms with Gasteiger partial charge >= 0.3 is 0 Å². The fourth-order valence-electron chi connectivity index (χ4n) is 2.29. The third kappa shape index (κ3) is 3.22. The van der Waals surface area contributed by atoms with E-state index in [1.807, 2.05) is 29.8 Å². The molecular formula is C15H17N3O2S. The highest BCUT2D eigenvalue weighted by molar-refractivity contribution is 7.09. The number of rotatable bonds is 5. The number of aromatic nitrogens is 1. The van der Waals surface area contributed by atoms with Crippen LogP contribution in [0.4, 0.5) is 5.69 Å². The molecule has 0 saturated heterocycles. The summed E-state index contributed by atoms with van der Waals surface area (Å²) < 4.78 is 5.36. The minimum absolute atomic E-state index is 0.0898. The maximum atomic E-state index is 11.3. The van der Waals surface area contributed by atoms with Gasteiger partial charge in [0.25, 0.3) is 5.91 Å². The molecule has 1 atom stereocenters. The first kappa shape index (κ1) is 14.0. The number of carbonyl (C=O) groups is 1. The summed E-state index contributed by atoms with van der Waals surface area (Å²) in [5.41, 5.74) is 1.85. The third-order valence-electron chi connectivity index (χ3n) is 3.39. The van der Waals surface area contributed by atoms with E-state index in [4.69, 9.17) is 4.74 Å². The second-order valence-corrected chi connectivity index (χ2v) is 5.81. The fourth-order valence-corrected chi connectivity index (χ4v) is 3.09. The van der Waals surface area contributed by atoms with Gasteiger partial charge in [-0.2, -0.15) is 0 Å². The molecule has 0 bridgehead atoms. The number of amides is 1. The SMILES string of the molecule is CCC(NCc1ccc2c(c1)NC(=O)CO2)c1nccs1. The molecule has 1 unspecified atom stereocenters. The molecule has 21 heavy (non-hydrogen) atoms. The Morgan fingerprint density at radius 3 is 3.19 bits per heavy atom. The highest BCUT2D eigenvalue weighted by Gasteiger charge is 2.16. The second-order valence-electron chi connectivity index (χ2n) is 4.88. The number of nitrogens with zero attached hydrogens (tertiary/aromatic N) is 1. The van der Waals surface area contributed by atoms with Crippen molar-refractivity contribution in [3.05, 3.63) is 40.3 Å². The van der Waals surface area contributed by atoms with Crippen LogP contribution >= 0.6 is 11.3 Å². The maximum absolute atomic E-state index is 11.3. The summed E-state index contributed by atoms with van der Waals surface area (Å²) in [6.07, 6.45) is 2.81. The predicted octanol–water partition coefficient (Wildman–Crippen LogP) is 2.71. The Morgan fingerprint density at radius 2 is 2.43 bits per heavy atom. The molecule has 2 aromatic rings. The number of carbonyl (C=O) groups excluding carboxylic acids is 1. The summed E-state index contributed by atoms with van der Waals surface area (Å²) in [5, 5.41) is 9.42. The Morgan fingerprint density at radius 1 is 1.52 bits per heavy atom. The number of nitrogens with one attached hydrogen (secondary N) is 2. The lowest BCUT2D eigenvalue weighted by Gasteiger charge is -2.19. The molecule has 5 nitrogen and oxygen atoms in total. The molecule has 0 spiro atoms. The van der Waals surface area contributed by atoms with E-state index in [1.165, 1.54) is 0 Å². The zero-order valence-corrected chi connectivity index (χ0v) is 12.6. The standard InChI is InChI=1S/C15H17N3O2S/c1-2-11(15-16-5-6-21-15)17-8-10-3-4-13-12(7-10)18-14(19)9-20-13/h3-7,11,17H,2,8-9H2,1H3,(H,18,19). The number of hydrogen-bond acceptors (Lipinski definition) is 5. The number of hydrogen-bond donors (Lipinski definition) is 2. The average molecular weight is 303 g/mol. The Labute approximate surface area is 127 Å². The van der Waals surface area contributed by atoms with Crippen LogP contribution in [-0.4, -0.2) is 17.5 Å². The van der Waals surface area contributed by atoms with E-state index >= 15 is 0 Å². The van der Waals surface area contributed by atoms with Gasteiger partial charge in [-0.25, -0.2) is 4.98 Å². The average Bonchev–Trinajstić information content (AvgIpc) is 3.01. The lowest BCUT2D eigenvalue weighted by Crippen LogP contribution is -2.25. The highest BCUT2D eigenvalue weighted by atomic mass is 32.1. The van der Waals surface area contributed by atoms with E-state index < -0.39 is 0 Å². The Balaban J connectivity index is 1.68. The van der Waals surface area contributed by atoms with Crippen molar-refractivity contribution in [3.63, 3.8) is 0 Å². The van der Waals surface area contributed by atoms with Crippen molar-refractivity contribution in [2.45, 2.75) is 25.9 Å². The van der Waals surface area contributed by atoms with Crippen LogP contribution in [0.2, 0.25) is 0 Å². The number of thiazole rings is 1. The van der Waals surface area contributed by atoms with Gasteiger partial charge in [0.15, 0.2) is 6.61 Å². The topological polar surface area (TPSA) is 63.2 Å². The zero-order chi connectivity index (χ0) is 14.7. The van der Waals surface area contributed by atoms with Gasteiger partial charge < -0.3 is 15.4 Å². The molecule has 1 amide bonds. The van der Waals surface area contributed by atoms with Crippen molar-refractivity contribution in [2.24, 2.45) is 0 Å². The number of fused-ring (bicyclic) bond motifs is 1. The maximum Gasteiger partial charge on any atom is 0.262 e. The van der Waals surface area contributed by atoms with Crippen molar-refractivity contribution in [2.75, 3.05) is 11.9 Å². The molecule has 1 aromatic heterocycles. The van der Waals surface area contributed by atoms with E-state index in [9.17, 15) is 4.79 Å². The molecule has 2 N–H and O–H groups in total. The van der Waals surface area contributed by atoms with Crippen LogP contribution in [0.15, 0.2) is 29.8 Å². The molecule has 1 aromatic carbocycles. The molecule has 1 aliphatic heterocycles. The quantitative estimate of drug-likeness (QED) is 0.891. The van der Waals surface area contributed by atoms with Crippen LogP contribution in [0, 0.1) is 0 Å². The van der Waals surface area contributed by atoms with Gasteiger partial charge in [0.2, 0.25) is 0 Å². The zero-order valence-electron chi connectivity index (χ0n) is 11.8. The smallest absolute Gasteiger partial charge is 0.262 e. The van der Waals surface area contributed by atoms with Crippen molar-refractivity contribution < 1.29 is 9.53 Å². The molecule has 110 valence electrons. The van der Waals surface area contributed by atoms with Crippen LogP contribution in [0.3, 0.4) is 0 Å². The second kappa shape index (κ2) is 6.24. The molecule has 0 radical (unpaired) electrons. The van der Waals surface area contributed by atoms with E-state index in [0.29, 0.717) is 0 Å². The molecule has 3 rings (SSSR count). The van der Waals surface area contributed by atoms with Crippen molar-refractivity contribution in [3.8, 4) is 5.75 Å². The van der Waals surface area contributed by atoms with E-state index in [2.05, 4.69) is 22.5 Å². The van der Waals surface area contributed by atoms with Crippen molar-refractivity contribution >= 4 is 22.9 Å². The molecule has 6 heteroatoms. The van der Waals surface area contributed by atoms with Crippen LogP contribution in [-0.2, 0) is 11.3 Å². The highest BCUT2D eigenvalue weighted by Crippen LogP contribution is 2.28. The van der Waals surface area contributed by atoms with E-state index in [1.54, 1.807) is 11.3 Å². The summed E-state index contributed by atoms with van der Waals surface area (Å²) >= 11 is 1.66. The van der Waals surface area contributed by atoms with Gasteiger partial charge in [-0.15, -0.1) is 11.3 Å². The van der Waals surface area contributed by atoms with E-state index in [-0.39, 0.29) is 18.6 Å². The lowest BCUT2D eigenvalue weighted by molar-refractivity contribution is -0.118. The number of ether oxygens (including phenoxy) is 1. The molecule has 0 fully saturated rings. The van der Waals surface area contributed by atoms with Gasteiger partial charge in [-0.05, 0) is 24.1 Å². The van der Waals surface area contributed by atoms with Gasteiger partial charge in [-0.3, -0.25) is 4.79 Å². The number of anilines is 1. The minimum Gasteiger partial charge on any atom is -0.482 e. The van der Waals surface area contributed by atoms with Crippen molar-refractivity contribution in [1.82, 2.24) is 10.3 Å². The lowest BCUT2D eigenvalue weighted by atomic mass is 10.1. The fraction of sp³-hybridized carbons (Fsp3) is 0.333. The first-order valence-corrected chi connectivity index (χ1v) is 7.82. The predicted molar refractivity (Wildman–Crippen MR) is 82.6 cm³/mol. The summed E-state index contributed by atoms with van der Waals surface area (Å²) in [7, 11) is 0. The summed E-state index contributed by atoms with van der Waals surface area (Å²) in [4.78, 5) is 15.7. The molecule has 1 aliphatic rings. The Hall–Kier alpha value is -1.92. The van der Waals surface area contributed by atoms with Crippen LogP contribution < -0.4 is 15.4 Å². The molecule has 0 saturated carbocycles. The largest absolute Gasteiger partial charge is 0.482 e. The first-order chi connectivity index (χ1) is 10.3. The van der Waals surface area contributed by atoms with Crippen molar-refractivity contribution in [1.29, 1.82) is 0 Å². The minimum atomic E-state index is -0.109. The van der Waals surface area contributed by atoms with Crippen LogP contribution in [0.5, 0.6) is 5.75 Å². The van der Waals surface area contributed by atoms with Gasteiger partial charge in [0.1, 0.15) is 10.8 Å².